The molecule has 1 amide bonds. The summed E-state index contributed by atoms with van der Waals surface area (Å²) in [6, 6.07) is 0. The monoisotopic (exact) mass is 248 g/mol. The molecule has 0 aliphatic rings. The Morgan fingerprint density at radius 3 is 2.61 bits per heavy atom. The van der Waals surface area contributed by atoms with Crippen molar-refractivity contribution >= 4 is 17.6 Å². The zero-order valence-corrected chi connectivity index (χ0v) is 9.87. The number of nitrogens with one attached hydrogen (secondary N) is 3. The van der Waals surface area contributed by atoms with Gasteiger partial charge in [0.05, 0.1) is 17.4 Å². The summed E-state index contributed by atoms with van der Waals surface area (Å²) in [6.45, 7) is 3.34. The number of aryl methyl sites for hydroxylation is 2. The molecule has 0 aliphatic carbocycles. The van der Waals surface area contributed by atoms with Crippen LogP contribution in [0.5, 0.6) is 0 Å². The van der Waals surface area contributed by atoms with Gasteiger partial charge in [-0.25, -0.2) is 4.79 Å². The van der Waals surface area contributed by atoms with Crippen molar-refractivity contribution in [3.63, 3.8) is 0 Å². The van der Waals surface area contributed by atoms with Crippen molar-refractivity contribution in [3.8, 4) is 0 Å². The average Bonchev–Trinajstić information content (AvgIpc) is 2.85. The Labute approximate surface area is 102 Å². The fraction of sp³-hybridized carbons (Fsp3) is 0.182. The minimum atomic E-state index is -1.09. The predicted molar refractivity (Wildman–Crippen MR) is 63.8 cm³/mol. The first-order valence-electron chi connectivity index (χ1n) is 5.23. The van der Waals surface area contributed by atoms with Gasteiger partial charge in [0.15, 0.2) is 0 Å². The zero-order chi connectivity index (χ0) is 13.3. The third-order valence-corrected chi connectivity index (χ3v) is 2.61. The summed E-state index contributed by atoms with van der Waals surface area (Å²) in [7, 11) is 0. The molecule has 0 saturated heterocycles. The molecule has 4 N–H and O–H groups in total. The Hall–Kier alpha value is -2.57. The summed E-state index contributed by atoms with van der Waals surface area (Å²) >= 11 is 0. The van der Waals surface area contributed by atoms with E-state index in [0.29, 0.717) is 17.0 Å². The first-order chi connectivity index (χ1) is 8.50. The van der Waals surface area contributed by atoms with Crippen molar-refractivity contribution in [2.24, 2.45) is 0 Å². The number of H-pyrrole nitrogens is 2. The van der Waals surface area contributed by atoms with E-state index in [9.17, 15) is 9.59 Å². The molecule has 0 bridgehead atoms. The molecule has 2 rings (SSSR count). The number of hydrogen-bond donors (Lipinski definition) is 4. The number of carbonyl (C=O) groups is 2. The molecular weight excluding hydrogens is 236 g/mol. The molecule has 2 heterocycles. The van der Waals surface area contributed by atoms with E-state index in [4.69, 9.17) is 5.11 Å². The summed E-state index contributed by atoms with van der Waals surface area (Å²) in [6.07, 6.45) is 2.84. The second-order valence-corrected chi connectivity index (χ2v) is 3.87. The van der Waals surface area contributed by atoms with Crippen LogP contribution >= 0.6 is 0 Å². The van der Waals surface area contributed by atoms with Crippen molar-refractivity contribution in [1.82, 2.24) is 15.2 Å². The van der Waals surface area contributed by atoms with Gasteiger partial charge >= 0.3 is 5.97 Å². The molecule has 7 nitrogen and oxygen atoms in total. The second-order valence-electron chi connectivity index (χ2n) is 3.87. The molecule has 18 heavy (non-hydrogen) atoms. The highest BCUT2D eigenvalue weighted by Gasteiger charge is 2.18. The number of aromatic nitrogens is 3. The molecule has 0 atom stereocenters. The maximum absolute atomic E-state index is 11.9. The molecule has 0 spiro atoms. The SMILES string of the molecule is Cc1[nH]ncc1C(=O)Nc1c[nH]c(C)c1C(=O)O. The Morgan fingerprint density at radius 1 is 1.33 bits per heavy atom. The summed E-state index contributed by atoms with van der Waals surface area (Å²) in [5, 5.41) is 18.0. The van der Waals surface area contributed by atoms with E-state index in [1.165, 1.54) is 12.4 Å². The number of carbonyl (C=O) groups excluding carboxylic acids is 1. The molecule has 2 aromatic rings. The third kappa shape index (κ3) is 1.97. The van der Waals surface area contributed by atoms with Crippen molar-refractivity contribution in [1.29, 1.82) is 0 Å². The molecule has 0 fully saturated rings. The fourth-order valence-electron chi connectivity index (χ4n) is 1.67. The van der Waals surface area contributed by atoms with Crippen molar-refractivity contribution in [2.75, 3.05) is 5.32 Å². The molecular formula is C11H12N4O3. The van der Waals surface area contributed by atoms with E-state index < -0.39 is 11.9 Å². The maximum atomic E-state index is 11.9. The number of nitrogens with zero attached hydrogens (tertiary/aromatic N) is 1. The summed E-state index contributed by atoms with van der Waals surface area (Å²) < 4.78 is 0. The fourth-order valence-corrected chi connectivity index (χ4v) is 1.67. The summed E-state index contributed by atoms with van der Waals surface area (Å²) in [5.74, 6) is -1.49. The van der Waals surface area contributed by atoms with E-state index in [2.05, 4.69) is 20.5 Å². The summed E-state index contributed by atoms with van der Waals surface area (Å²) in [4.78, 5) is 25.7. The first kappa shape index (κ1) is 11.9. The number of carboxylic acids is 1. The van der Waals surface area contributed by atoms with Crippen molar-refractivity contribution in [2.45, 2.75) is 13.8 Å². The van der Waals surface area contributed by atoms with E-state index >= 15 is 0 Å². The largest absolute Gasteiger partial charge is 0.478 e. The van der Waals surface area contributed by atoms with Crippen LogP contribution in [0.1, 0.15) is 32.1 Å². The van der Waals surface area contributed by atoms with Gasteiger partial charge in [-0.2, -0.15) is 5.10 Å². The Balaban J connectivity index is 2.28. The first-order valence-corrected chi connectivity index (χ1v) is 5.23. The minimum absolute atomic E-state index is 0.0597. The Morgan fingerprint density at radius 2 is 2.06 bits per heavy atom. The van der Waals surface area contributed by atoms with Crippen LogP contribution in [0.15, 0.2) is 12.4 Å². The quantitative estimate of drug-likeness (QED) is 0.656. The topological polar surface area (TPSA) is 111 Å². The van der Waals surface area contributed by atoms with Gasteiger partial charge in [0.2, 0.25) is 0 Å². The van der Waals surface area contributed by atoms with Gasteiger partial charge in [0.25, 0.3) is 5.91 Å². The van der Waals surface area contributed by atoms with Crippen LogP contribution in [0.3, 0.4) is 0 Å². The second kappa shape index (κ2) is 4.36. The Kier molecular flexibility index (Phi) is 2.88. The highest BCUT2D eigenvalue weighted by molar-refractivity contribution is 6.08. The van der Waals surface area contributed by atoms with Gasteiger partial charge in [0, 0.05) is 17.6 Å². The minimum Gasteiger partial charge on any atom is -0.478 e. The number of anilines is 1. The number of amides is 1. The van der Waals surface area contributed by atoms with Gasteiger partial charge < -0.3 is 15.4 Å². The molecule has 0 saturated carbocycles. The van der Waals surface area contributed by atoms with Crippen LogP contribution in [0.4, 0.5) is 5.69 Å². The average molecular weight is 248 g/mol. The normalized spacial score (nSPS) is 10.3. The van der Waals surface area contributed by atoms with Crippen molar-refractivity contribution in [3.05, 3.63) is 34.9 Å². The smallest absolute Gasteiger partial charge is 0.339 e. The van der Waals surface area contributed by atoms with Gasteiger partial charge in [-0.3, -0.25) is 9.89 Å². The number of aromatic amines is 2. The van der Waals surface area contributed by atoms with Crippen LogP contribution in [-0.4, -0.2) is 32.2 Å². The third-order valence-electron chi connectivity index (χ3n) is 2.61. The highest BCUT2D eigenvalue weighted by atomic mass is 16.4. The van der Waals surface area contributed by atoms with Crippen LogP contribution in [0.25, 0.3) is 0 Å². The number of rotatable bonds is 3. The lowest BCUT2D eigenvalue weighted by Gasteiger charge is -2.03. The highest BCUT2D eigenvalue weighted by Crippen LogP contribution is 2.20. The van der Waals surface area contributed by atoms with Crippen LogP contribution in [0.2, 0.25) is 0 Å². The van der Waals surface area contributed by atoms with E-state index in [-0.39, 0.29) is 11.3 Å². The lowest BCUT2D eigenvalue weighted by Crippen LogP contribution is -2.14. The van der Waals surface area contributed by atoms with E-state index in [1.54, 1.807) is 13.8 Å². The molecule has 94 valence electrons. The van der Waals surface area contributed by atoms with Gasteiger partial charge in [-0.1, -0.05) is 0 Å². The summed E-state index contributed by atoms with van der Waals surface area (Å²) in [5.41, 5.74) is 1.79. The van der Waals surface area contributed by atoms with Gasteiger partial charge in [-0.05, 0) is 13.8 Å². The molecule has 2 aromatic heterocycles. The van der Waals surface area contributed by atoms with Gasteiger partial charge in [-0.15, -0.1) is 0 Å². The van der Waals surface area contributed by atoms with E-state index in [1.807, 2.05) is 0 Å². The van der Waals surface area contributed by atoms with Gasteiger partial charge in [0.1, 0.15) is 5.56 Å². The standard InChI is InChI=1S/C11H12N4O3/c1-5-7(3-13-15-5)10(16)14-8-4-12-6(2)9(8)11(17)18/h3-4,12H,1-2H3,(H,13,15)(H,14,16)(H,17,18). The Bertz CT molecular complexity index is 612. The molecule has 0 aliphatic heterocycles. The van der Waals surface area contributed by atoms with Crippen LogP contribution < -0.4 is 5.32 Å². The van der Waals surface area contributed by atoms with E-state index in [0.717, 1.165) is 0 Å². The molecule has 0 aromatic carbocycles. The lowest BCUT2D eigenvalue weighted by molar-refractivity contribution is 0.0697. The number of carboxylic acid groups (broad SMARTS) is 1. The van der Waals surface area contributed by atoms with Crippen LogP contribution in [-0.2, 0) is 0 Å². The lowest BCUT2D eigenvalue weighted by atomic mass is 10.2. The van der Waals surface area contributed by atoms with Crippen LogP contribution in [0, 0.1) is 13.8 Å². The number of aromatic carboxylic acids is 1. The maximum Gasteiger partial charge on any atom is 0.339 e. The van der Waals surface area contributed by atoms with Crippen molar-refractivity contribution < 1.29 is 14.7 Å². The predicted octanol–water partition coefficient (Wildman–Crippen LogP) is 1.31. The number of hydrogen-bond acceptors (Lipinski definition) is 3. The molecule has 0 radical (unpaired) electrons. The molecule has 0 unspecified atom stereocenters. The zero-order valence-electron chi connectivity index (χ0n) is 9.87. The molecule has 7 heteroatoms.